The third-order valence-corrected chi connectivity index (χ3v) is 3.24. The highest BCUT2D eigenvalue weighted by Gasteiger charge is 2.11. The van der Waals surface area contributed by atoms with E-state index in [1.165, 1.54) is 13.2 Å². The molecule has 2 aromatic carbocycles. The number of phenolic OH excluding ortho intramolecular Hbond substituents is 1. The molecule has 0 aromatic heterocycles. The van der Waals surface area contributed by atoms with Gasteiger partial charge in [-0.25, -0.2) is 8.78 Å². The second-order valence-electron chi connectivity index (χ2n) is 4.83. The lowest BCUT2D eigenvalue weighted by molar-refractivity contribution is 0.173. The van der Waals surface area contributed by atoms with E-state index in [9.17, 15) is 19.0 Å². The minimum absolute atomic E-state index is 0.0305. The van der Waals surface area contributed by atoms with Crippen molar-refractivity contribution in [3.05, 3.63) is 59.2 Å². The van der Waals surface area contributed by atoms with Crippen LogP contribution in [0.15, 0.2) is 36.4 Å². The Hall–Kier alpha value is -2.18. The van der Waals surface area contributed by atoms with Gasteiger partial charge in [0.25, 0.3) is 0 Å². The van der Waals surface area contributed by atoms with Crippen LogP contribution in [0.2, 0.25) is 0 Å². The maximum atomic E-state index is 13.1. The van der Waals surface area contributed by atoms with E-state index in [4.69, 9.17) is 4.74 Å². The molecule has 0 amide bonds. The van der Waals surface area contributed by atoms with Gasteiger partial charge in [0.05, 0.1) is 13.2 Å². The van der Waals surface area contributed by atoms with Crippen molar-refractivity contribution in [1.29, 1.82) is 0 Å². The summed E-state index contributed by atoms with van der Waals surface area (Å²) in [6.45, 7) is 0.566. The monoisotopic (exact) mass is 309 g/mol. The fourth-order valence-corrected chi connectivity index (χ4v) is 2.04. The molecule has 2 aromatic rings. The number of benzene rings is 2. The maximum Gasteiger partial charge on any atom is 0.160 e. The molecule has 118 valence electrons. The number of hydrogen-bond donors (Lipinski definition) is 3. The highest BCUT2D eigenvalue weighted by molar-refractivity contribution is 5.41. The zero-order valence-corrected chi connectivity index (χ0v) is 12.0. The Bertz CT molecular complexity index is 649. The third-order valence-electron chi connectivity index (χ3n) is 3.24. The number of rotatable bonds is 6. The van der Waals surface area contributed by atoms with Crippen molar-refractivity contribution in [3.8, 4) is 11.5 Å². The van der Waals surface area contributed by atoms with Crippen LogP contribution in [0.3, 0.4) is 0 Å². The van der Waals surface area contributed by atoms with Gasteiger partial charge in [0.15, 0.2) is 23.1 Å². The van der Waals surface area contributed by atoms with E-state index in [1.807, 2.05) is 0 Å². The lowest BCUT2D eigenvalue weighted by Gasteiger charge is -2.13. The SMILES string of the molecule is COc1ccc(CNC[C@H](O)c2ccc(F)c(F)c2)cc1O. The van der Waals surface area contributed by atoms with E-state index in [-0.39, 0.29) is 12.3 Å². The molecule has 4 nitrogen and oxygen atoms in total. The number of hydrogen-bond acceptors (Lipinski definition) is 4. The van der Waals surface area contributed by atoms with Crippen LogP contribution in [0.25, 0.3) is 0 Å². The molecule has 0 aliphatic carbocycles. The lowest BCUT2D eigenvalue weighted by atomic mass is 10.1. The molecular weight excluding hydrogens is 292 g/mol. The minimum Gasteiger partial charge on any atom is -0.504 e. The van der Waals surface area contributed by atoms with Gasteiger partial charge >= 0.3 is 0 Å². The van der Waals surface area contributed by atoms with E-state index < -0.39 is 17.7 Å². The summed E-state index contributed by atoms with van der Waals surface area (Å²) in [7, 11) is 1.46. The van der Waals surface area contributed by atoms with Crippen LogP contribution in [0.4, 0.5) is 8.78 Å². The van der Waals surface area contributed by atoms with Crippen LogP contribution in [0, 0.1) is 11.6 Å². The topological polar surface area (TPSA) is 61.7 Å². The van der Waals surface area contributed by atoms with Crippen molar-refractivity contribution >= 4 is 0 Å². The molecule has 6 heteroatoms. The Balaban J connectivity index is 1.90. The van der Waals surface area contributed by atoms with Gasteiger partial charge in [0.2, 0.25) is 0 Å². The summed E-state index contributed by atoms with van der Waals surface area (Å²) in [5.74, 6) is -1.53. The largest absolute Gasteiger partial charge is 0.504 e. The number of aliphatic hydroxyl groups excluding tert-OH is 1. The van der Waals surface area contributed by atoms with Gasteiger partial charge in [-0.3, -0.25) is 0 Å². The second-order valence-corrected chi connectivity index (χ2v) is 4.83. The second kappa shape index (κ2) is 7.20. The lowest BCUT2D eigenvalue weighted by Crippen LogP contribution is -2.21. The Morgan fingerprint density at radius 1 is 1.14 bits per heavy atom. The molecule has 0 bridgehead atoms. The van der Waals surface area contributed by atoms with Gasteiger partial charge in [-0.2, -0.15) is 0 Å². The average molecular weight is 309 g/mol. The molecule has 0 fully saturated rings. The Labute approximate surface area is 127 Å². The molecule has 1 atom stereocenters. The number of aliphatic hydroxyl groups is 1. The maximum absolute atomic E-state index is 13.1. The molecule has 0 heterocycles. The predicted octanol–water partition coefficient (Wildman–Crippen LogP) is 2.50. The first kappa shape index (κ1) is 16.2. The first-order valence-electron chi connectivity index (χ1n) is 6.71. The van der Waals surface area contributed by atoms with Crippen LogP contribution in [-0.2, 0) is 6.54 Å². The number of nitrogens with one attached hydrogen (secondary N) is 1. The van der Waals surface area contributed by atoms with Crippen molar-refractivity contribution in [2.75, 3.05) is 13.7 Å². The number of ether oxygens (including phenoxy) is 1. The van der Waals surface area contributed by atoms with Gasteiger partial charge in [-0.1, -0.05) is 12.1 Å². The first-order chi connectivity index (χ1) is 10.5. The van der Waals surface area contributed by atoms with E-state index in [1.54, 1.807) is 18.2 Å². The molecule has 22 heavy (non-hydrogen) atoms. The predicted molar refractivity (Wildman–Crippen MR) is 77.7 cm³/mol. The molecule has 0 saturated heterocycles. The Morgan fingerprint density at radius 3 is 2.55 bits per heavy atom. The molecule has 0 saturated carbocycles. The van der Waals surface area contributed by atoms with Crippen molar-refractivity contribution in [2.24, 2.45) is 0 Å². The van der Waals surface area contributed by atoms with Crippen molar-refractivity contribution in [1.82, 2.24) is 5.32 Å². The number of phenols is 1. The van der Waals surface area contributed by atoms with Crippen LogP contribution < -0.4 is 10.1 Å². The standard InChI is InChI=1S/C16H17F2NO3/c1-22-16-5-2-10(6-14(16)20)8-19-9-15(21)11-3-4-12(17)13(18)7-11/h2-7,15,19-21H,8-9H2,1H3/t15-/m0/s1. The van der Waals surface area contributed by atoms with Gasteiger partial charge in [0, 0.05) is 13.1 Å². The van der Waals surface area contributed by atoms with Gasteiger partial charge in [-0.05, 0) is 35.4 Å². The summed E-state index contributed by atoms with van der Waals surface area (Å²) < 4.78 is 30.9. The molecule has 0 spiro atoms. The number of halogens is 2. The number of aromatic hydroxyl groups is 1. The summed E-state index contributed by atoms with van der Waals surface area (Å²) in [5, 5.41) is 22.6. The first-order valence-corrected chi connectivity index (χ1v) is 6.71. The molecule has 2 rings (SSSR count). The minimum atomic E-state index is -0.989. The molecule has 0 unspecified atom stereocenters. The molecule has 0 aliphatic rings. The Kier molecular flexibility index (Phi) is 5.30. The van der Waals surface area contributed by atoms with Crippen LogP contribution in [0.5, 0.6) is 11.5 Å². The average Bonchev–Trinajstić information content (AvgIpc) is 2.50. The quantitative estimate of drug-likeness (QED) is 0.767. The number of methoxy groups -OCH3 is 1. The van der Waals surface area contributed by atoms with E-state index in [2.05, 4.69) is 5.32 Å². The molecule has 0 aliphatic heterocycles. The normalized spacial score (nSPS) is 12.2. The summed E-state index contributed by atoms with van der Waals surface area (Å²) in [6, 6.07) is 8.25. The fourth-order valence-electron chi connectivity index (χ4n) is 2.04. The molecule has 3 N–H and O–H groups in total. The van der Waals surface area contributed by atoms with Crippen molar-refractivity contribution in [3.63, 3.8) is 0 Å². The summed E-state index contributed by atoms with van der Waals surface area (Å²) in [6.07, 6.45) is -0.957. The fraction of sp³-hybridized carbons (Fsp3) is 0.250. The summed E-state index contributed by atoms with van der Waals surface area (Å²) in [4.78, 5) is 0. The van der Waals surface area contributed by atoms with E-state index >= 15 is 0 Å². The van der Waals surface area contributed by atoms with Gasteiger partial charge in [0.1, 0.15) is 0 Å². The van der Waals surface area contributed by atoms with Crippen molar-refractivity contribution < 1.29 is 23.7 Å². The molecule has 0 radical (unpaired) electrons. The van der Waals surface area contributed by atoms with E-state index in [0.717, 1.165) is 17.7 Å². The smallest absolute Gasteiger partial charge is 0.160 e. The summed E-state index contributed by atoms with van der Waals surface area (Å²) >= 11 is 0. The van der Waals surface area contributed by atoms with Crippen LogP contribution in [-0.4, -0.2) is 23.9 Å². The Morgan fingerprint density at radius 2 is 1.91 bits per heavy atom. The highest BCUT2D eigenvalue weighted by Crippen LogP contribution is 2.26. The molecular formula is C16H17F2NO3. The third kappa shape index (κ3) is 3.93. The zero-order valence-electron chi connectivity index (χ0n) is 12.0. The van der Waals surface area contributed by atoms with Gasteiger partial charge < -0.3 is 20.3 Å². The highest BCUT2D eigenvalue weighted by atomic mass is 19.2. The van der Waals surface area contributed by atoms with Gasteiger partial charge in [-0.15, -0.1) is 0 Å². The van der Waals surface area contributed by atoms with E-state index in [0.29, 0.717) is 17.9 Å². The van der Waals surface area contributed by atoms with Crippen LogP contribution in [0.1, 0.15) is 17.2 Å². The van der Waals surface area contributed by atoms with Crippen molar-refractivity contribution in [2.45, 2.75) is 12.6 Å². The summed E-state index contributed by atoms with van der Waals surface area (Å²) in [5.41, 5.74) is 1.10. The van der Waals surface area contributed by atoms with Crippen LogP contribution >= 0.6 is 0 Å². The zero-order chi connectivity index (χ0) is 16.1.